The maximum absolute atomic E-state index is 13.2. The fourth-order valence-electron chi connectivity index (χ4n) is 3.90. The van der Waals surface area contributed by atoms with Crippen molar-refractivity contribution in [3.8, 4) is 0 Å². The molecule has 2 heterocycles. The molecule has 27 heavy (non-hydrogen) atoms. The van der Waals surface area contributed by atoms with Gasteiger partial charge >= 0.3 is 0 Å². The van der Waals surface area contributed by atoms with E-state index in [1.54, 1.807) is 0 Å². The summed E-state index contributed by atoms with van der Waals surface area (Å²) < 4.78 is 50.9. The Morgan fingerprint density at radius 1 is 1.11 bits per heavy atom. The molecule has 0 radical (unpaired) electrons. The summed E-state index contributed by atoms with van der Waals surface area (Å²) in [6, 6.07) is 5.41. The zero-order chi connectivity index (χ0) is 19.8. The summed E-state index contributed by atoms with van der Waals surface area (Å²) >= 11 is 0. The average molecular weight is 415 g/mol. The van der Waals surface area contributed by atoms with E-state index < -0.39 is 31.0 Å². The van der Waals surface area contributed by atoms with Gasteiger partial charge < -0.3 is 5.32 Å². The standard InChI is InChI=1S/C18H26N2O5S2/c1-13-7-9-20(10-8-13)17-11-26(22,23)12-18(17)27(24,25)16-5-3-15(4-6-16)19-14(2)21/h3-6,13,17-18H,7-12H2,1-2H3,(H,19,21)/t17-,18-/m1/s1. The Bertz CT molecular complexity index is 902. The molecule has 0 aliphatic carbocycles. The van der Waals surface area contributed by atoms with Crippen molar-refractivity contribution < 1.29 is 21.6 Å². The van der Waals surface area contributed by atoms with Gasteiger partial charge in [0.15, 0.2) is 19.7 Å². The van der Waals surface area contributed by atoms with Crippen molar-refractivity contribution >= 4 is 31.3 Å². The molecule has 1 N–H and O–H groups in total. The number of rotatable bonds is 4. The Morgan fingerprint density at radius 2 is 1.70 bits per heavy atom. The summed E-state index contributed by atoms with van der Waals surface area (Å²) in [5, 5.41) is 1.64. The van der Waals surface area contributed by atoms with Crippen LogP contribution in [0.1, 0.15) is 26.7 Å². The van der Waals surface area contributed by atoms with Crippen LogP contribution in [-0.2, 0) is 24.5 Å². The lowest BCUT2D eigenvalue weighted by Gasteiger charge is -2.36. The number of amides is 1. The van der Waals surface area contributed by atoms with Crippen molar-refractivity contribution in [3.05, 3.63) is 24.3 Å². The largest absolute Gasteiger partial charge is 0.326 e. The van der Waals surface area contributed by atoms with Crippen molar-refractivity contribution in [2.75, 3.05) is 29.9 Å². The molecule has 1 aromatic rings. The van der Waals surface area contributed by atoms with E-state index in [-0.39, 0.29) is 22.3 Å². The van der Waals surface area contributed by atoms with Crippen molar-refractivity contribution in [2.45, 2.75) is 42.9 Å². The van der Waals surface area contributed by atoms with E-state index >= 15 is 0 Å². The van der Waals surface area contributed by atoms with Crippen LogP contribution in [0.5, 0.6) is 0 Å². The van der Waals surface area contributed by atoms with Gasteiger partial charge in [-0.25, -0.2) is 16.8 Å². The van der Waals surface area contributed by atoms with Gasteiger partial charge in [0.05, 0.1) is 21.7 Å². The molecular weight excluding hydrogens is 388 g/mol. The van der Waals surface area contributed by atoms with E-state index in [1.165, 1.54) is 31.2 Å². The fourth-order valence-corrected chi connectivity index (χ4v) is 8.73. The second-order valence-electron chi connectivity index (χ2n) is 7.65. The average Bonchev–Trinajstić information content (AvgIpc) is 2.92. The number of carbonyl (C=O) groups excluding carboxylic acids is 1. The van der Waals surface area contributed by atoms with Crippen LogP contribution >= 0.6 is 0 Å². The maximum Gasteiger partial charge on any atom is 0.221 e. The minimum Gasteiger partial charge on any atom is -0.326 e. The van der Waals surface area contributed by atoms with Gasteiger partial charge in [0.25, 0.3) is 0 Å². The third-order valence-corrected chi connectivity index (χ3v) is 9.60. The molecule has 2 aliphatic rings. The van der Waals surface area contributed by atoms with Crippen molar-refractivity contribution in [1.82, 2.24) is 4.90 Å². The minimum absolute atomic E-state index is 0.0917. The monoisotopic (exact) mass is 414 g/mol. The van der Waals surface area contributed by atoms with Crippen molar-refractivity contribution in [2.24, 2.45) is 5.92 Å². The lowest BCUT2D eigenvalue weighted by Crippen LogP contribution is -2.49. The van der Waals surface area contributed by atoms with Gasteiger partial charge in [-0.05, 0) is 56.1 Å². The SMILES string of the molecule is CC(=O)Nc1ccc(S(=O)(=O)[C@@H]2CS(=O)(=O)C[C@H]2N2CCC(C)CC2)cc1. The number of likely N-dealkylation sites (tertiary alicyclic amines) is 1. The van der Waals surface area contributed by atoms with Gasteiger partial charge in [0.1, 0.15) is 0 Å². The van der Waals surface area contributed by atoms with Crippen LogP contribution in [0.3, 0.4) is 0 Å². The normalized spacial score (nSPS) is 26.7. The quantitative estimate of drug-likeness (QED) is 0.797. The topological polar surface area (TPSA) is 101 Å². The van der Waals surface area contributed by atoms with Crippen molar-refractivity contribution in [1.29, 1.82) is 0 Å². The minimum atomic E-state index is -3.80. The first-order valence-electron chi connectivity index (χ1n) is 9.14. The number of piperidine rings is 1. The highest BCUT2D eigenvalue weighted by molar-refractivity contribution is 7.96. The van der Waals surface area contributed by atoms with E-state index in [0.29, 0.717) is 11.6 Å². The second kappa shape index (κ2) is 7.52. The van der Waals surface area contributed by atoms with Crippen LogP contribution in [0.25, 0.3) is 0 Å². The van der Waals surface area contributed by atoms with Crippen molar-refractivity contribution in [3.63, 3.8) is 0 Å². The zero-order valence-corrected chi connectivity index (χ0v) is 17.2. The van der Waals surface area contributed by atoms with Crippen LogP contribution in [0.4, 0.5) is 5.69 Å². The number of anilines is 1. The lowest BCUT2D eigenvalue weighted by atomic mass is 9.98. The number of nitrogens with one attached hydrogen (secondary N) is 1. The van der Waals surface area contributed by atoms with E-state index in [1.807, 2.05) is 4.90 Å². The predicted molar refractivity (Wildman–Crippen MR) is 104 cm³/mol. The summed E-state index contributed by atoms with van der Waals surface area (Å²) in [6.45, 7) is 5.00. The molecule has 1 aromatic carbocycles. The molecule has 7 nitrogen and oxygen atoms in total. The molecular formula is C18H26N2O5S2. The number of nitrogens with zero attached hydrogens (tertiary/aromatic N) is 1. The van der Waals surface area contributed by atoms with Crippen LogP contribution in [0.2, 0.25) is 0 Å². The molecule has 0 bridgehead atoms. The molecule has 2 atom stereocenters. The first-order valence-corrected chi connectivity index (χ1v) is 12.5. The van der Waals surface area contributed by atoms with Crippen LogP contribution in [-0.4, -0.2) is 63.5 Å². The Labute approximate surface area is 161 Å². The maximum atomic E-state index is 13.2. The van der Waals surface area contributed by atoms with Crippen LogP contribution in [0, 0.1) is 5.92 Å². The second-order valence-corrected chi connectivity index (χ2v) is 12.0. The van der Waals surface area contributed by atoms with E-state index in [0.717, 1.165) is 25.9 Å². The number of benzene rings is 1. The van der Waals surface area contributed by atoms with Gasteiger partial charge in [-0.1, -0.05) is 6.92 Å². The van der Waals surface area contributed by atoms with Gasteiger partial charge in [-0.15, -0.1) is 0 Å². The molecule has 0 aromatic heterocycles. The first kappa shape index (κ1) is 20.3. The van der Waals surface area contributed by atoms with E-state index in [4.69, 9.17) is 0 Å². The third-order valence-electron chi connectivity index (χ3n) is 5.46. The Balaban J connectivity index is 1.87. The Morgan fingerprint density at radius 3 is 2.26 bits per heavy atom. The molecule has 150 valence electrons. The fraction of sp³-hybridized carbons (Fsp3) is 0.611. The van der Waals surface area contributed by atoms with Gasteiger partial charge in [0.2, 0.25) is 5.91 Å². The molecule has 0 saturated carbocycles. The summed E-state index contributed by atoms with van der Waals surface area (Å²) in [4.78, 5) is 13.2. The number of sulfone groups is 2. The molecule has 1 amide bonds. The molecule has 0 unspecified atom stereocenters. The molecule has 3 rings (SSSR count). The summed E-state index contributed by atoms with van der Waals surface area (Å²) in [5.74, 6) is -0.100. The van der Waals surface area contributed by atoms with E-state index in [2.05, 4.69) is 12.2 Å². The molecule has 0 spiro atoms. The Kier molecular flexibility index (Phi) is 5.65. The molecule has 2 fully saturated rings. The number of carbonyl (C=O) groups is 1. The third kappa shape index (κ3) is 4.52. The van der Waals surface area contributed by atoms with Gasteiger partial charge in [-0.3, -0.25) is 9.69 Å². The zero-order valence-electron chi connectivity index (χ0n) is 15.6. The van der Waals surface area contributed by atoms with Crippen LogP contribution in [0.15, 0.2) is 29.2 Å². The first-order chi connectivity index (χ1) is 12.6. The Hall–Kier alpha value is -1.45. The highest BCUT2D eigenvalue weighted by Gasteiger charge is 2.48. The highest BCUT2D eigenvalue weighted by atomic mass is 32.2. The summed E-state index contributed by atoms with van der Waals surface area (Å²) in [5.41, 5.74) is 0.502. The number of hydrogen-bond acceptors (Lipinski definition) is 6. The van der Waals surface area contributed by atoms with E-state index in [9.17, 15) is 21.6 Å². The molecule has 2 aliphatic heterocycles. The van der Waals surface area contributed by atoms with Crippen LogP contribution < -0.4 is 5.32 Å². The van der Waals surface area contributed by atoms with Gasteiger partial charge in [0, 0.05) is 18.7 Å². The smallest absolute Gasteiger partial charge is 0.221 e. The highest BCUT2D eigenvalue weighted by Crippen LogP contribution is 2.31. The predicted octanol–water partition coefficient (Wildman–Crippen LogP) is 1.32. The number of hydrogen-bond donors (Lipinski definition) is 1. The molecule has 2 saturated heterocycles. The lowest BCUT2D eigenvalue weighted by molar-refractivity contribution is -0.114. The van der Waals surface area contributed by atoms with Gasteiger partial charge in [-0.2, -0.15) is 0 Å². The summed E-state index contributed by atoms with van der Waals surface area (Å²) in [6.07, 6.45) is 1.91. The molecule has 9 heteroatoms. The summed E-state index contributed by atoms with van der Waals surface area (Å²) in [7, 11) is -7.20.